The third-order valence-electron chi connectivity index (χ3n) is 0.399. The molecule has 0 saturated carbocycles. The molecule has 0 aliphatic carbocycles. The van der Waals surface area contributed by atoms with Gasteiger partial charge in [0.05, 0.1) is 6.10 Å². The molecule has 0 amide bonds. The quantitative estimate of drug-likeness (QED) is 0.560. The van der Waals surface area contributed by atoms with Crippen molar-refractivity contribution < 1.29 is 46.6 Å². The summed E-state index contributed by atoms with van der Waals surface area (Å²) in [6.07, 6.45) is -0.296. The van der Waals surface area contributed by atoms with Gasteiger partial charge in [0.15, 0.2) is 0 Å². The van der Waals surface area contributed by atoms with Gasteiger partial charge in [-0.25, -0.2) is 0 Å². The SMILES string of the molecule is CC(C)OP(C)(=O)F.[Co].[Ni]. The van der Waals surface area contributed by atoms with Gasteiger partial charge < -0.3 is 4.52 Å². The average Bonchev–Trinajstić information content (AvgIpc) is 1.21. The van der Waals surface area contributed by atoms with Crippen LogP contribution < -0.4 is 0 Å². The summed E-state index contributed by atoms with van der Waals surface area (Å²) in [7, 11) is -3.72. The fourth-order valence-electron chi connectivity index (χ4n) is 0.377. The molecule has 69 valence electrons. The van der Waals surface area contributed by atoms with Crippen molar-refractivity contribution in [2.75, 3.05) is 6.66 Å². The zero-order valence-electron chi connectivity index (χ0n) is 5.87. The zero-order chi connectivity index (χ0) is 6.78. The second kappa shape index (κ2) is 6.81. The van der Waals surface area contributed by atoms with Crippen LogP contribution in [0.1, 0.15) is 13.8 Å². The molecule has 2 nitrogen and oxygen atoms in total. The summed E-state index contributed by atoms with van der Waals surface area (Å²) in [4.78, 5) is 0. The molecule has 0 fully saturated rings. The first kappa shape index (κ1) is 17.3. The van der Waals surface area contributed by atoms with Gasteiger partial charge in [-0.15, -0.1) is 0 Å². The van der Waals surface area contributed by atoms with Crippen LogP contribution in [0.4, 0.5) is 4.20 Å². The van der Waals surface area contributed by atoms with Gasteiger partial charge in [-0.3, -0.25) is 4.57 Å². The maximum Gasteiger partial charge on any atom is 0.364 e. The maximum absolute atomic E-state index is 12.0. The van der Waals surface area contributed by atoms with Crippen LogP contribution in [0.25, 0.3) is 0 Å². The first-order chi connectivity index (χ1) is 3.42. The molecule has 0 bridgehead atoms. The molecule has 0 aliphatic rings. The van der Waals surface area contributed by atoms with E-state index in [-0.39, 0.29) is 39.4 Å². The van der Waals surface area contributed by atoms with Crippen LogP contribution in [-0.2, 0) is 42.4 Å². The molecule has 1 radical (unpaired) electrons. The Balaban J connectivity index is -0.000000245. The van der Waals surface area contributed by atoms with E-state index in [9.17, 15) is 8.76 Å². The Kier molecular flexibility index (Phi) is 11.8. The van der Waals surface area contributed by atoms with Gasteiger partial charge in [0, 0.05) is 39.9 Å². The topological polar surface area (TPSA) is 26.3 Å². The summed E-state index contributed by atoms with van der Waals surface area (Å²) in [5.74, 6) is 0. The van der Waals surface area contributed by atoms with E-state index in [1.165, 1.54) is 0 Å². The Morgan fingerprint density at radius 3 is 1.80 bits per heavy atom. The molecule has 0 aliphatic heterocycles. The first-order valence-electron chi connectivity index (χ1n) is 2.37. The molecule has 0 aromatic rings. The summed E-state index contributed by atoms with van der Waals surface area (Å²) in [6.45, 7) is 4.22. The Labute approximate surface area is 81.0 Å². The summed E-state index contributed by atoms with van der Waals surface area (Å²) in [5, 5.41) is 0. The normalized spacial score (nSPS) is 14.9. The molecule has 0 aromatic heterocycles. The minimum atomic E-state index is -3.72. The van der Waals surface area contributed by atoms with E-state index in [0.717, 1.165) is 6.66 Å². The van der Waals surface area contributed by atoms with Crippen LogP contribution in [0, 0.1) is 0 Å². The van der Waals surface area contributed by atoms with Crippen LogP contribution in [0.2, 0.25) is 0 Å². The van der Waals surface area contributed by atoms with Gasteiger partial charge in [-0.2, -0.15) is 4.20 Å². The summed E-state index contributed by atoms with van der Waals surface area (Å²) in [5.41, 5.74) is 0. The van der Waals surface area contributed by atoms with Gasteiger partial charge in [0.2, 0.25) is 0 Å². The van der Waals surface area contributed by atoms with Crippen molar-refractivity contribution in [2.45, 2.75) is 20.0 Å². The van der Waals surface area contributed by atoms with Crippen LogP contribution in [0.15, 0.2) is 0 Å². The summed E-state index contributed by atoms with van der Waals surface area (Å²) < 4.78 is 26.4. The maximum atomic E-state index is 12.0. The van der Waals surface area contributed by atoms with E-state index < -0.39 is 7.68 Å². The van der Waals surface area contributed by atoms with Crippen molar-refractivity contribution in [3.05, 3.63) is 0 Å². The number of halogens is 1. The molecule has 1 atom stereocenters. The molecule has 1 unspecified atom stereocenters. The van der Waals surface area contributed by atoms with E-state index >= 15 is 0 Å². The van der Waals surface area contributed by atoms with E-state index in [1.54, 1.807) is 13.8 Å². The van der Waals surface area contributed by atoms with Gasteiger partial charge in [-0.1, -0.05) is 0 Å². The molecular formula is C4H10CoFNiO2P. The predicted octanol–water partition coefficient (Wildman–Crippen LogP) is 2.20. The van der Waals surface area contributed by atoms with Gasteiger partial charge >= 0.3 is 7.68 Å². The Bertz CT molecular complexity index is 116. The van der Waals surface area contributed by atoms with Crippen LogP contribution in [-0.4, -0.2) is 12.8 Å². The summed E-state index contributed by atoms with van der Waals surface area (Å²) in [6, 6.07) is 0. The second-order valence-electron chi connectivity index (χ2n) is 1.90. The van der Waals surface area contributed by atoms with E-state index in [2.05, 4.69) is 4.52 Å². The van der Waals surface area contributed by atoms with Crippen molar-refractivity contribution in [2.24, 2.45) is 0 Å². The largest absolute Gasteiger partial charge is 0.364 e. The molecule has 0 heterocycles. The average molecular weight is 258 g/mol. The van der Waals surface area contributed by atoms with Crippen LogP contribution >= 0.6 is 7.68 Å². The van der Waals surface area contributed by atoms with Crippen LogP contribution in [0.3, 0.4) is 0 Å². The molecule has 10 heavy (non-hydrogen) atoms. The van der Waals surface area contributed by atoms with E-state index in [4.69, 9.17) is 0 Å². The Hall–Kier alpha value is 1.12. The zero-order valence-corrected chi connectivity index (χ0v) is 8.79. The van der Waals surface area contributed by atoms with Gasteiger partial charge in [0.25, 0.3) is 0 Å². The Morgan fingerprint density at radius 1 is 1.50 bits per heavy atom. The predicted molar refractivity (Wildman–Crippen MR) is 30.9 cm³/mol. The van der Waals surface area contributed by atoms with Crippen molar-refractivity contribution in [3.8, 4) is 0 Å². The number of rotatable bonds is 2. The standard InChI is InChI=1S/C4H10FO2P.Co.Ni/c1-4(2)7-8(3,5)6;;/h4H,1-3H3;;. The smallest absolute Gasteiger partial charge is 0.303 e. The third kappa shape index (κ3) is 16.1. The van der Waals surface area contributed by atoms with Crippen molar-refractivity contribution in [3.63, 3.8) is 0 Å². The molecule has 0 rings (SSSR count). The Morgan fingerprint density at radius 2 is 1.80 bits per heavy atom. The fourth-order valence-corrected chi connectivity index (χ4v) is 1.13. The molecule has 0 saturated heterocycles. The third-order valence-corrected chi connectivity index (χ3v) is 1.20. The monoisotopic (exact) mass is 257 g/mol. The van der Waals surface area contributed by atoms with E-state index in [0.29, 0.717) is 0 Å². The number of hydrogen-bond donors (Lipinski definition) is 0. The molecular weight excluding hydrogens is 248 g/mol. The minimum absolute atomic E-state index is 0. The van der Waals surface area contributed by atoms with Crippen molar-refractivity contribution in [1.82, 2.24) is 0 Å². The molecule has 0 aromatic carbocycles. The van der Waals surface area contributed by atoms with Gasteiger partial charge in [0.1, 0.15) is 0 Å². The van der Waals surface area contributed by atoms with E-state index in [1.807, 2.05) is 0 Å². The van der Waals surface area contributed by atoms with Crippen molar-refractivity contribution in [1.29, 1.82) is 0 Å². The first-order valence-corrected chi connectivity index (χ1v) is 4.33. The van der Waals surface area contributed by atoms with Gasteiger partial charge in [-0.05, 0) is 13.8 Å². The van der Waals surface area contributed by atoms with Crippen LogP contribution in [0.5, 0.6) is 0 Å². The second-order valence-corrected chi connectivity index (χ2v) is 3.61. The summed E-state index contributed by atoms with van der Waals surface area (Å²) >= 11 is 0. The minimum Gasteiger partial charge on any atom is -0.303 e. The molecule has 0 spiro atoms. The molecule has 0 N–H and O–H groups in total. The fraction of sp³-hybridized carbons (Fsp3) is 1.00. The number of hydrogen-bond acceptors (Lipinski definition) is 2. The van der Waals surface area contributed by atoms with Crippen molar-refractivity contribution >= 4 is 7.68 Å². The molecule has 6 heteroatoms.